The summed E-state index contributed by atoms with van der Waals surface area (Å²) in [7, 11) is 0. The van der Waals surface area contributed by atoms with Gasteiger partial charge in [-0.2, -0.15) is 0 Å². The molecule has 0 saturated carbocycles. The molecule has 3 rings (SSSR count). The van der Waals surface area contributed by atoms with Gasteiger partial charge in [-0.15, -0.1) is 10.2 Å². The maximum Gasteiger partial charge on any atom is 0.200 e. The molecule has 1 aromatic carbocycles. The minimum atomic E-state index is -0.244. The Morgan fingerprint density at radius 1 is 1.20 bits per heavy atom. The quantitative estimate of drug-likeness (QED) is 0.462. The Labute approximate surface area is 151 Å². The molecule has 25 heavy (non-hydrogen) atoms. The number of carbonyl (C=O) groups excluding carboxylic acids is 1. The number of nitrogens with zero attached hydrogens (tertiary/aromatic N) is 3. The van der Waals surface area contributed by atoms with Crippen LogP contribution in [0.25, 0.3) is 11.6 Å². The van der Waals surface area contributed by atoms with Gasteiger partial charge in [0.05, 0.1) is 11.5 Å². The van der Waals surface area contributed by atoms with Gasteiger partial charge in [0.2, 0.25) is 0 Å². The van der Waals surface area contributed by atoms with Crippen LogP contribution in [0.1, 0.15) is 36.7 Å². The lowest BCUT2D eigenvalue weighted by Gasteiger charge is -2.11. The predicted molar refractivity (Wildman–Crippen MR) is 98.9 cm³/mol. The summed E-state index contributed by atoms with van der Waals surface area (Å²) in [6.45, 7) is 6.73. The first kappa shape index (κ1) is 17.5. The van der Waals surface area contributed by atoms with Gasteiger partial charge in [0.1, 0.15) is 0 Å². The fourth-order valence-electron chi connectivity index (χ4n) is 2.60. The highest BCUT2D eigenvalue weighted by Gasteiger charge is 2.22. The average molecular weight is 355 g/mol. The third-order valence-electron chi connectivity index (χ3n) is 4.07. The van der Waals surface area contributed by atoms with Gasteiger partial charge in [-0.25, -0.2) is 0 Å². The van der Waals surface area contributed by atoms with Crippen molar-refractivity contribution in [3.63, 3.8) is 0 Å². The molecule has 2 heterocycles. The first-order valence-electron chi connectivity index (χ1n) is 8.40. The van der Waals surface area contributed by atoms with Gasteiger partial charge in [0.15, 0.2) is 22.5 Å². The molecule has 0 radical (unpaired) electrons. The van der Waals surface area contributed by atoms with Crippen LogP contribution in [0.4, 0.5) is 0 Å². The summed E-state index contributed by atoms with van der Waals surface area (Å²) in [6.07, 6.45) is 2.58. The number of aryl methyl sites for hydroxylation is 1. The lowest BCUT2D eigenvalue weighted by Crippen LogP contribution is -2.14. The number of thioether (sulfide) groups is 1. The summed E-state index contributed by atoms with van der Waals surface area (Å²) in [6, 6.07) is 11.5. The van der Waals surface area contributed by atoms with E-state index in [-0.39, 0.29) is 11.0 Å². The second-order valence-electron chi connectivity index (χ2n) is 5.70. The molecule has 0 aliphatic carbocycles. The second kappa shape index (κ2) is 7.70. The molecular formula is C19H21N3O2S. The van der Waals surface area contributed by atoms with E-state index in [1.54, 1.807) is 6.26 Å². The lowest BCUT2D eigenvalue weighted by molar-refractivity contribution is 0.0994. The molecule has 0 fully saturated rings. The summed E-state index contributed by atoms with van der Waals surface area (Å²) >= 11 is 1.42. The summed E-state index contributed by atoms with van der Waals surface area (Å²) in [5.41, 5.74) is 1.96. The SMILES string of the molecule is CCc1ccc(C(=O)C(C)Sc2nnc(-c3ccco3)n2CC)cc1. The summed E-state index contributed by atoms with van der Waals surface area (Å²) in [5.74, 6) is 1.45. The Kier molecular flexibility index (Phi) is 5.38. The first-order chi connectivity index (χ1) is 12.1. The van der Waals surface area contributed by atoms with E-state index in [1.165, 1.54) is 17.3 Å². The van der Waals surface area contributed by atoms with E-state index in [0.29, 0.717) is 18.1 Å². The van der Waals surface area contributed by atoms with Crippen LogP contribution in [-0.2, 0) is 13.0 Å². The highest BCUT2D eigenvalue weighted by molar-refractivity contribution is 8.00. The highest BCUT2D eigenvalue weighted by atomic mass is 32.2. The zero-order valence-electron chi connectivity index (χ0n) is 14.6. The summed E-state index contributed by atoms with van der Waals surface area (Å²) < 4.78 is 7.39. The minimum Gasteiger partial charge on any atom is -0.461 e. The molecule has 130 valence electrons. The number of Topliss-reactive ketones (excluding diaryl/α,β-unsaturated/α-hetero) is 1. The second-order valence-corrected chi connectivity index (χ2v) is 7.01. The standard InChI is InChI=1S/C19H21N3O2S/c1-4-14-8-10-15(11-9-14)17(23)13(3)25-19-21-20-18(22(19)5-2)16-7-6-12-24-16/h6-13H,4-5H2,1-3H3. The van der Waals surface area contributed by atoms with E-state index in [9.17, 15) is 4.79 Å². The van der Waals surface area contributed by atoms with E-state index in [4.69, 9.17) is 4.42 Å². The topological polar surface area (TPSA) is 60.9 Å². The lowest BCUT2D eigenvalue weighted by atomic mass is 10.1. The van der Waals surface area contributed by atoms with E-state index in [0.717, 1.165) is 17.1 Å². The molecule has 0 aliphatic heterocycles. The van der Waals surface area contributed by atoms with E-state index >= 15 is 0 Å². The number of aromatic nitrogens is 3. The summed E-state index contributed by atoms with van der Waals surface area (Å²) in [5, 5.41) is 8.95. The van der Waals surface area contributed by atoms with Gasteiger partial charge < -0.3 is 4.42 Å². The van der Waals surface area contributed by atoms with Crippen molar-refractivity contribution in [1.82, 2.24) is 14.8 Å². The van der Waals surface area contributed by atoms with Crippen LogP contribution in [0.15, 0.2) is 52.2 Å². The number of rotatable bonds is 7. The van der Waals surface area contributed by atoms with Crippen molar-refractivity contribution in [2.24, 2.45) is 0 Å². The first-order valence-corrected chi connectivity index (χ1v) is 9.28. The monoisotopic (exact) mass is 355 g/mol. The van der Waals surface area contributed by atoms with Crippen LogP contribution in [0.2, 0.25) is 0 Å². The van der Waals surface area contributed by atoms with Gasteiger partial charge in [-0.05, 0) is 38.0 Å². The fourth-order valence-corrected chi connectivity index (χ4v) is 3.59. The van der Waals surface area contributed by atoms with Crippen LogP contribution in [-0.4, -0.2) is 25.8 Å². The molecule has 0 bridgehead atoms. The maximum absolute atomic E-state index is 12.7. The van der Waals surface area contributed by atoms with Crippen LogP contribution in [0.5, 0.6) is 0 Å². The van der Waals surface area contributed by atoms with Crippen LogP contribution in [0.3, 0.4) is 0 Å². The van der Waals surface area contributed by atoms with Crippen LogP contribution < -0.4 is 0 Å². The van der Waals surface area contributed by atoms with Crippen molar-refractivity contribution in [2.75, 3.05) is 0 Å². The Morgan fingerprint density at radius 3 is 2.56 bits per heavy atom. The molecule has 0 saturated heterocycles. The third kappa shape index (κ3) is 3.69. The molecule has 3 aromatic rings. The van der Waals surface area contributed by atoms with Crippen molar-refractivity contribution < 1.29 is 9.21 Å². The number of furan rings is 1. The summed E-state index contributed by atoms with van der Waals surface area (Å²) in [4.78, 5) is 12.7. The molecular weight excluding hydrogens is 334 g/mol. The maximum atomic E-state index is 12.7. The number of hydrogen-bond donors (Lipinski definition) is 0. The molecule has 5 nitrogen and oxygen atoms in total. The number of ketones is 1. The van der Waals surface area contributed by atoms with E-state index < -0.39 is 0 Å². The van der Waals surface area contributed by atoms with Crippen molar-refractivity contribution >= 4 is 17.5 Å². The van der Waals surface area contributed by atoms with E-state index in [1.807, 2.05) is 54.8 Å². The Morgan fingerprint density at radius 2 is 1.96 bits per heavy atom. The van der Waals surface area contributed by atoms with Crippen molar-refractivity contribution in [1.29, 1.82) is 0 Å². The van der Waals surface area contributed by atoms with Gasteiger partial charge in [0.25, 0.3) is 0 Å². The Hall–Kier alpha value is -2.34. The molecule has 2 aromatic heterocycles. The van der Waals surface area contributed by atoms with E-state index in [2.05, 4.69) is 17.1 Å². The Balaban J connectivity index is 1.78. The molecule has 0 spiro atoms. The highest BCUT2D eigenvalue weighted by Crippen LogP contribution is 2.28. The van der Waals surface area contributed by atoms with Crippen molar-refractivity contribution in [3.8, 4) is 11.6 Å². The van der Waals surface area contributed by atoms with Gasteiger partial charge >= 0.3 is 0 Å². The largest absolute Gasteiger partial charge is 0.461 e. The predicted octanol–water partition coefficient (Wildman–Crippen LogP) is 4.48. The Bertz CT molecular complexity index is 838. The molecule has 1 atom stereocenters. The van der Waals surface area contributed by atoms with Crippen LogP contribution in [0, 0.1) is 0 Å². The molecule has 0 amide bonds. The molecule has 6 heteroatoms. The molecule has 1 unspecified atom stereocenters. The van der Waals surface area contributed by atoms with Gasteiger partial charge in [0, 0.05) is 12.1 Å². The average Bonchev–Trinajstić information content (AvgIpc) is 3.30. The fraction of sp³-hybridized carbons (Fsp3) is 0.316. The van der Waals surface area contributed by atoms with Gasteiger partial charge in [-0.1, -0.05) is 43.0 Å². The molecule has 0 N–H and O–H groups in total. The van der Waals surface area contributed by atoms with Gasteiger partial charge in [-0.3, -0.25) is 9.36 Å². The number of benzene rings is 1. The van der Waals surface area contributed by atoms with Crippen molar-refractivity contribution in [3.05, 3.63) is 53.8 Å². The normalized spacial score (nSPS) is 12.3. The number of carbonyl (C=O) groups is 1. The zero-order chi connectivity index (χ0) is 17.8. The van der Waals surface area contributed by atoms with Crippen molar-refractivity contribution in [2.45, 2.75) is 44.1 Å². The number of hydrogen-bond acceptors (Lipinski definition) is 5. The minimum absolute atomic E-state index is 0.0952. The van der Waals surface area contributed by atoms with Crippen LogP contribution >= 0.6 is 11.8 Å². The molecule has 0 aliphatic rings. The third-order valence-corrected chi connectivity index (χ3v) is 5.15. The zero-order valence-corrected chi connectivity index (χ0v) is 15.4. The smallest absolute Gasteiger partial charge is 0.200 e.